The van der Waals surface area contributed by atoms with Crippen LogP contribution in [0.1, 0.15) is 100 Å². The van der Waals surface area contributed by atoms with E-state index in [1.165, 1.54) is 56.9 Å². The van der Waals surface area contributed by atoms with Crippen LogP contribution in [-0.2, 0) is 9.59 Å². The van der Waals surface area contributed by atoms with E-state index >= 15 is 0 Å². The van der Waals surface area contributed by atoms with Crippen LogP contribution >= 0.6 is 0 Å². The molecule has 2 aromatic rings. The first-order valence-electron chi connectivity index (χ1n) is 12.5. The highest BCUT2D eigenvalue weighted by molar-refractivity contribution is 6.02. The Labute approximate surface area is 190 Å². The number of hydrogen-bond donors (Lipinski definition) is 3. The van der Waals surface area contributed by atoms with Gasteiger partial charge in [0, 0.05) is 29.5 Å². The molecule has 2 aliphatic rings. The number of unbranched alkanes of at least 4 members (excludes halogenated alkanes) is 3. The van der Waals surface area contributed by atoms with E-state index in [-0.39, 0.29) is 17.7 Å². The molecule has 1 aromatic heterocycles. The molecule has 0 spiro atoms. The van der Waals surface area contributed by atoms with Crippen molar-refractivity contribution < 1.29 is 14.0 Å². The van der Waals surface area contributed by atoms with Crippen molar-refractivity contribution in [1.29, 1.82) is 0 Å². The van der Waals surface area contributed by atoms with E-state index in [1.54, 1.807) is 6.26 Å². The van der Waals surface area contributed by atoms with Gasteiger partial charge in [-0.3, -0.25) is 14.9 Å². The number of hydrogen-bond acceptors (Lipinski definition) is 5. The Balaban J connectivity index is 1.55. The maximum atomic E-state index is 12.5. The van der Waals surface area contributed by atoms with Crippen molar-refractivity contribution >= 4 is 22.8 Å². The van der Waals surface area contributed by atoms with Crippen molar-refractivity contribution in [3.05, 3.63) is 35.6 Å². The molecular weight excluding hydrogens is 402 g/mol. The summed E-state index contributed by atoms with van der Waals surface area (Å²) in [6, 6.07) is 7.28. The second-order valence-electron chi connectivity index (χ2n) is 9.50. The van der Waals surface area contributed by atoms with Crippen LogP contribution in [0.4, 0.5) is 0 Å². The molecule has 2 atom stereocenters. The first-order valence-corrected chi connectivity index (χ1v) is 12.5. The summed E-state index contributed by atoms with van der Waals surface area (Å²) >= 11 is 0. The van der Waals surface area contributed by atoms with Crippen molar-refractivity contribution in [3.8, 4) is 0 Å². The lowest BCUT2D eigenvalue weighted by molar-refractivity contribution is -0.134. The lowest BCUT2D eigenvalue weighted by Gasteiger charge is -2.29. The maximum Gasteiger partial charge on any atom is 0.234 e. The summed E-state index contributed by atoms with van der Waals surface area (Å²) in [5, 5.41) is 7.43. The predicted octanol–water partition coefficient (Wildman–Crippen LogP) is 4.83. The van der Waals surface area contributed by atoms with Gasteiger partial charge in [-0.15, -0.1) is 0 Å². The zero-order valence-corrected chi connectivity index (χ0v) is 19.0. The number of carbonyl (C=O) groups excluding carboxylic acids is 2. The summed E-state index contributed by atoms with van der Waals surface area (Å²) in [5.74, 6) is -0.734. The van der Waals surface area contributed by atoms with Gasteiger partial charge < -0.3 is 15.5 Å². The molecule has 4 rings (SSSR count). The molecule has 2 amide bonds. The van der Waals surface area contributed by atoms with Gasteiger partial charge in [-0.25, -0.2) is 0 Å². The number of piperidine rings is 1. The number of fused-ring (bicyclic) bond motifs is 1. The number of furan rings is 1. The van der Waals surface area contributed by atoms with Crippen LogP contribution in [0.15, 0.2) is 28.9 Å². The molecule has 2 heterocycles. The second kappa shape index (κ2) is 11.1. The van der Waals surface area contributed by atoms with Crippen LogP contribution < -0.4 is 16.4 Å². The molecule has 2 fully saturated rings. The van der Waals surface area contributed by atoms with Gasteiger partial charge in [-0.05, 0) is 56.3 Å². The van der Waals surface area contributed by atoms with Gasteiger partial charge in [0.2, 0.25) is 11.8 Å². The van der Waals surface area contributed by atoms with Crippen LogP contribution in [-0.4, -0.2) is 24.4 Å². The first kappa shape index (κ1) is 23.0. The van der Waals surface area contributed by atoms with E-state index in [0.717, 1.165) is 35.9 Å². The standard InChI is InChI=1S/C26H37N3O3/c27-15-7-2-1-6-10-23(28-19-8-4-3-5-9-19)18-11-13-24-21(16-18)22(17-32-24)20-12-14-25(30)29-26(20)31/h11,13,16-17,19-20,23,28H,1-10,12,14-15,27H2,(H,29,30,31). The fourth-order valence-corrected chi connectivity index (χ4v) is 5.29. The minimum atomic E-state index is -0.329. The highest BCUT2D eigenvalue weighted by atomic mass is 16.3. The molecule has 174 valence electrons. The van der Waals surface area contributed by atoms with Gasteiger partial charge in [-0.2, -0.15) is 0 Å². The molecule has 4 N–H and O–H groups in total. The third kappa shape index (κ3) is 5.59. The normalized spacial score (nSPS) is 21.1. The maximum absolute atomic E-state index is 12.5. The second-order valence-corrected chi connectivity index (χ2v) is 9.50. The summed E-state index contributed by atoms with van der Waals surface area (Å²) in [6.45, 7) is 0.768. The molecule has 2 unspecified atom stereocenters. The highest BCUT2D eigenvalue weighted by Gasteiger charge is 2.30. The van der Waals surface area contributed by atoms with E-state index in [9.17, 15) is 9.59 Å². The smallest absolute Gasteiger partial charge is 0.234 e. The van der Waals surface area contributed by atoms with Gasteiger partial charge in [-0.1, -0.05) is 44.6 Å². The Hall–Kier alpha value is -2.18. The molecule has 1 aromatic carbocycles. The van der Waals surface area contributed by atoms with Gasteiger partial charge >= 0.3 is 0 Å². The van der Waals surface area contributed by atoms with E-state index in [0.29, 0.717) is 24.9 Å². The summed E-state index contributed by atoms with van der Waals surface area (Å²) in [7, 11) is 0. The first-order chi connectivity index (χ1) is 15.7. The van der Waals surface area contributed by atoms with E-state index in [2.05, 4.69) is 22.8 Å². The third-order valence-corrected chi connectivity index (χ3v) is 7.13. The van der Waals surface area contributed by atoms with Gasteiger partial charge in [0.25, 0.3) is 0 Å². The van der Waals surface area contributed by atoms with Crippen molar-refractivity contribution in [2.75, 3.05) is 6.54 Å². The number of carbonyl (C=O) groups is 2. The number of benzene rings is 1. The van der Waals surface area contributed by atoms with Crippen LogP contribution in [0, 0.1) is 0 Å². The van der Waals surface area contributed by atoms with Gasteiger partial charge in [0.05, 0.1) is 12.2 Å². The number of rotatable bonds is 10. The summed E-state index contributed by atoms with van der Waals surface area (Å²) in [5.41, 5.74) is 8.61. The van der Waals surface area contributed by atoms with E-state index < -0.39 is 0 Å². The minimum absolute atomic E-state index is 0.189. The average Bonchev–Trinajstić information content (AvgIpc) is 3.22. The molecule has 0 bridgehead atoms. The Kier molecular flexibility index (Phi) is 7.98. The molecule has 1 aliphatic carbocycles. The number of nitrogens with one attached hydrogen (secondary N) is 2. The van der Waals surface area contributed by atoms with Crippen LogP contribution in [0.3, 0.4) is 0 Å². The summed E-state index contributed by atoms with van der Waals surface area (Å²) in [4.78, 5) is 24.0. The summed E-state index contributed by atoms with van der Waals surface area (Å²) < 4.78 is 5.79. The Morgan fingerprint density at radius 1 is 1.06 bits per heavy atom. The summed E-state index contributed by atoms with van der Waals surface area (Å²) in [6.07, 6.45) is 14.8. The minimum Gasteiger partial charge on any atom is -0.464 e. The Morgan fingerprint density at radius 3 is 2.66 bits per heavy atom. The SMILES string of the molecule is NCCCCCCC(NC1CCCCC1)c1ccc2occ(C3CCC(=O)NC3=O)c2c1. The molecule has 1 saturated heterocycles. The van der Waals surface area contributed by atoms with Gasteiger partial charge in [0.1, 0.15) is 5.58 Å². The van der Waals surface area contributed by atoms with Crippen molar-refractivity contribution in [2.24, 2.45) is 5.73 Å². The zero-order valence-electron chi connectivity index (χ0n) is 19.0. The topological polar surface area (TPSA) is 97.4 Å². The molecule has 1 aliphatic heterocycles. The number of nitrogens with two attached hydrogens (primary N) is 1. The van der Waals surface area contributed by atoms with Crippen LogP contribution in [0.25, 0.3) is 11.0 Å². The average molecular weight is 440 g/mol. The van der Waals surface area contributed by atoms with E-state index in [4.69, 9.17) is 10.2 Å². The number of imide groups is 1. The lowest BCUT2D eigenvalue weighted by Crippen LogP contribution is -2.39. The van der Waals surface area contributed by atoms with Gasteiger partial charge in [0.15, 0.2) is 0 Å². The molecule has 6 nitrogen and oxygen atoms in total. The Bertz CT molecular complexity index is 916. The highest BCUT2D eigenvalue weighted by Crippen LogP contribution is 2.35. The molecule has 32 heavy (non-hydrogen) atoms. The molecule has 0 radical (unpaired) electrons. The molecular formula is C26H37N3O3. The Morgan fingerprint density at radius 2 is 1.88 bits per heavy atom. The van der Waals surface area contributed by atoms with Crippen LogP contribution in [0.5, 0.6) is 0 Å². The fourth-order valence-electron chi connectivity index (χ4n) is 5.29. The van der Waals surface area contributed by atoms with Crippen molar-refractivity contribution in [1.82, 2.24) is 10.6 Å². The molecule has 6 heteroatoms. The van der Waals surface area contributed by atoms with Crippen molar-refractivity contribution in [2.45, 2.75) is 95.1 Å². The molecule has 1 saturated carbocycles. The van der Waals surface area contributed by atoms with E-state index in [1.807, 2.05) is 6.07 Å². The monoisotopic (exact) mass is 439 g/mol. The van der Waals surface area contributed by atoms with Crippen LogP contribution in [0.2, 0.25) is 0 Å². The predicted molar refractivity (Wildman–Crippen MR) is 126 cm³/mol. The zero-order chi connectivity index (χ0) is 22.3. The fraction of sp³-hybridized carbons (Fsp3) is 0.615. The number of amides is 2. The third-order valence-electron chi connectivity index (χ3n) is 7.13. The largest absolute Gasteiger partial charge is 0.464 e. The van der Waals surface area contributed by atoms with Crippen molar-refractivity contribution in [3.63, 3.8) is 0 Å². The quantitative estimate of drug-likeness (QED) is 0.364. The lowest BCUT2D eigenvalue weighted by atomic mass is 9.88.